The fraction of sp³-hybridized carbons (Fsp3) is 0.833. The Hall–Kier alpha value is -0.810. The highest BCUT2D eigenvalue weighted by Gasteiger charge is 2.30. The summed E-state index contributed by atoms with van der Waals surface area (Å²) >= 11 is 0. The Balaban J connectivity index is 2.52. The van der Waals surface area contributed by atoms with Crippen LogP contribution in [0.4, 0.5) is 4.79 Å². The number of amides is 1. The summed E-state index contributed by atoms with van der Waals surface area (Å²) in [5.41, 5.74) is 0. The Labute approximate surface area is 64.6 Å². The first-order valence-electron chi connectivity index (χ1n) is 3.47. The molecule has 2 atom stereocenters. The van der Waals surface area contributed by atoms with Gasteiger partial charge in [-0.15, -0.1) is 0 Å². The van der Waals surface area contributed by atoms with Crippen molar-refractivity contribution >= 4 is 6.09 Å². The van der Waals surface area contributed by atoms with E-state index in [2.05, 4.69) is 5.32 Å². The number of nitrogens with one attached hydrogen (secondary N) is 1. The highest BCUT2D eigenvalue weighted by atomic mass is 16.4. The van der Waals surface area contributed by atoms with E-state index in [1.165, 1.54) is 7.05 Å². The molecule has 64 valence electrons. The van der Waals surface area contributed by atoms with Crippen molar-refractivity contribution in [3.8, 4) is 0 Å². The maximum Gasteiger partial charge on any atom is 0.407 e. The molecule has 0 spiro atoms. The summed E-state index contributed by atoms with van der Waals surface area (Å²) < 4.78 is 0. The zero-order valence-electron chi connectivity index (χ0n) is 6.32. The van der Waals surface area contributed by atoms with Gasteiger partial charge in [-0.3, -0.25) is 0 Å². The molecule has 3 N–H and O–H groups in total. The van der Waals surface area contributed by atoms with Crippen molar-refractivity contribution in [3.05, 3.63) is 0 Å². The van der Waals surface area contributed by atoms with Crippen molar-refractivity contribution in [2.75, 3.05) is 20.1 Å². The number of carboxylic acid groups (broad SMARTS) is 1. The second kappa shape index (κ2) is 3.06. The molecule has 1 heterocycles. The molecule has 2 unspecified atom stereocenters. The molecule has 1 aliphatic heterocycles. The lowest BCUT2D eigenvalue weighted by Gasteiger charge is -2.22. The summed E-state index contributed by atoms with van der Waals surface area (Å²) in [6.45, 7) is 1.01. The molecule has 5 nitrogen and oxygen atoms in total. The molecule has 1 amide bonds. The molecule has 11 heavy (non-hydrogen) atoms. The van der Waals surface area contributed by atoms with Gasteiger partial charge in [0.2, 0.25) is 0 Å². The molecule has 1 rings (SSSR count). The van der Waals surface area contributed by atoms with Gasteiger partial charge in [-0.25, -0.2) is 4.79 Å². The second-order valence-electron chi connectivity index (χ2n) is 2.69. The van der Waals surface area contributed by atoms with Crippen LogP contribution in [-0.4, -0.2) is 53.5 Å². The number of β-amino-alcohol motifs (C(OH)–C–C–N with tert-alkyl or cyclic N) is 1. The zero-order valence-corrected chi connectivity index (χ0v) is 6.32. The number of hydrogen-bond donors (Lipinski definition) is 3. The van der Waals surface area contributed by atoms with Gasteiger partial charge in [0.15, 0.2) is 0 Å². The summed E-state index contributed by atoms with van der Waals surface area (Å²) in [6.07, 6.45) is -1.58. The van der Waals surface area contributed by atoms with Gasteiger partial charge in [0, 0.05) is 20.1 Å². The van der Waals surface area contributed by atoms with Crippen molar-refractivity contribution in [1.29, 1.82) is 0 Å². The minimum atomic E-state index is -1.00. The van der Waals surface area contributed by atoms with E-state index in [1.54, 1.807) is 0 Å². The minimum absolute atomic E-state index is 0.299. The third kappa shape index (κ3) is 1.61. The lowest BCUT2D eigenvalue weighted by Crippen LogP contribution is -2.43. The van der Waals surface area contributed by atoms with E-state index in [4.69, 9.17) is 5.11 Å². The lowest BCUT2D eigenvalue weighted by molar-refractivity contribution is 0.0874. The number of carbonyl (C=O) groups is 1. The first-order chi connectivity index (χ1) is 5.13. The molecule has 1 saturated heterocycles. The normalized spacial score (nSPS) is 30.4. The van der Waals surface area contributed by atoms with E-state index < -0.39 is 12.2 Å². The average molecular weight is 160 g/mol. The molecule has 0 aromatic rings. The SMILES string of the molecule is CN(C(=O)O)C1CNCC1O. The quantitative estimate of drug-likeness (QED) is 0.456. The minimum Gasteiger partial charge on any atom is -0.465 e. The standard InChI is InChI=1S/C6H12N2O3/c1-8(6(10)11)4-2-7-3-5(4)9/h4-5,7,9H,2-3H2,1H3,(H,10,11). The maximum absolute atomic E-state index is 10.4. The number of likely N-dealkylation sites (N-methyl/N-ethyl adjacent to an activating group) is 1. The Kier molecular flexibility index (Phi) is 2.31. The molecule has 1 aliphatic rings. The van der Waals surface area contributed by atoms with Crippen LogP contribution in [0.2, 0.25) is 0 Å². The van der Waals surface area contributed by atoms with Crippen molar-refractivity contribution in [3.63, 3.8) is 0 Å². The van der Waals surface area contributed by atoms with Crippen molar-refractivity contribution in [2.24, 2.45) is 0 Å². The highest BCUT2D eigenvalue weighted by Crippen LogP contribution is 2.06. The molecule has 0 aromatic carbocycles. The molecule has 0 saturated carbocycles. The summed E-state index contributed by atoms with van der Waals surface area (Å²) in [6, 6.07) is -0.299. The van der Waals surface area contributed by atoms with Gasteiger partial charge in [0.1, 0.15) is 0 Å². The van der Waals surface area contributed by atoms with E-state index in [9.17, 15) is 9.90 Å². The van der Waals surface area contributed by atoms with Crippen molar-refractivity contribution < 1.29 is 15.0 Å². The Morgan fingerprint density at radius 3 is 2.64 bits per heavy atom. The first kappa shape index (κ1) is 8.29. The Bertz CT molecular complexity index is 162. The summed E-state index contributed by atoms with van der Waals surface area (Å²) in [7, 11) is 1.46. The predicted molar refractivity (Wildman–Crippen MR) is 38.5 cm³/mol. The molecule has 0 aromatic heterocycles. The van der Waals surface area contributed by atoms with E-state index in [0.717, 1.165) is 4.90 Å². The maximum atomic E-state index is 10.4. The summed E-state index contributed by atoms with van der Waals surface area (Å²) in [5, 5.41) is 20.7. The van der Waals surface area contributed by atoms with Crippen LogP contribution in [0.15, 0.2) is 0 Å². The number of hydrogen-bond acceptors (Lipinski definition) is 3. The number of aliphatic hydroxyl groups excluding tert-OH is 1. The first-order valence-corrected chi connectivity index (χ1v) is 3.47. The van der Waals surface area contributed by atoms with E-state index in [0.29, 0.717) is 13.1 Å². The third-order valence-corrected chi connectivity index (χ3v) is 1.95. The van der Waals surface area contributed by atoms with E-state index >= 15 is 0 Å². The molecular weight excluding hydrogens is 148 g/mol. The van der Waals surface area contributed by atoms with E-state index in [-0.39, 0.29) is 6.04 Å². The number of aliphatic hydroxyl groups is 1. The number of rotatable bonds is 1. The van der Waals surface area contributed by atoms with Crippen molar-refractivity contribution in [2.45, 2.75) is 12.1 Å². The van der Waals surface area contributed by atoms with Crippen LogP contribution in [0.5, 0.6) is 0 Å². The fourth-order valence-corrected chi connectivity index (χ4v) is 1.19. The van der Waals surface area contributed by atoms with Crippen LogP contribution >= 0.6 is 0 Å². The number of nitrogens with zero attached hydrogens (tertiary/aromatic N) is 1. The van der Waals surface area contributed by atoms with Gasteiger partial charge < -0.3 is 20.4 Å². The molecular formula is C6H12N2O3. The van der Waals surface area contributed by atoms with Gasteiger partial charge in [0.25, 0.3) is 0 Å². The van der Waals surface area contributed by atoms with Crippen LogP contribution in [0.1, 0.15) is 0 Å². The monoisotopic (exact) mass is 160 g/mol. The molecule has 1 fully saturated rings. The topological polar surface area (TPSA) is 72.8 Å². The molecule has 0 aliphatic carbocycles. The van der Waals surface area contributed by atoms with Crippen LogP contribution in [0, 0.1) is 0 Å². The fourth-order valence-electron chi connectivity index (χ4n) is 1.19. The zero-order chi connectivity index (χ0) is 8.43. The van der Waals surface area contributed by atoms with Crippen LogP contribution in [-0.2, 0) is 0 Å². The summed E-state index contributed by atoms with van der Waals surface area (Å²) in [5.74, 6) is 0. The Morgan fingerprint density at radius 2 is 2.27 bits per heavy atom. The van der Waals surface area contributed by atoms with Gasteiger partial charge >= 0.3 is 6.09 Å². The van der Waals surface area contributed by atoms with Gasteiger partial charge in [0.05, 0.1) is 12.1 Å². The molecule has 0 bridgehead atoms. The van der Waals surface area contributed by atoms with Gasteiger partial charge in [-0.05, 0) is 0 Å². The third-order valence-electron chi connectivity index (χ3n) is 1.95. The van der Waals surface area contributed by atoms with Crippen LogP contribution < -0.4 is 5.32 Å². The van der Waals surface area contributed by atoms with Gasteiger partial charge in [-0.2, -0.15) is 0 Å². The lowest BCUT2D eigenvalue weighted by atomic mass is 10.2. The van der Waals surface area contributed by atoms with E-state index in [1.807, 2.05) is 0 Å². The van der Waals surface area contributed by atoms with Crippen LogP contribution in [0.3, 0.4) is 0 Å². The van der Waals surface area contributed by atoms with Crippen LogP contribution in [0.25, 0.3) is 0 Å². The molecule has 0 radical (unpaired) electrons. The highest BCUT2D eigenvalue weighted by molar-refractivity contribution is 5.65. The van der Waals surface area contributed by atoms with Gasteiger partial charge in [-0.1, -0.05) is 0 Å². The Morgan fingerprint density at radius 1 is 1.64 bits per heavy atom. The smallest absolute Gasteiger partial charge is 0.407 e. The summed E-state index contributed by atoms with van der Waals surface area (Å²) in [4.78, 5) is 11.5. The largest absolute Gasteiger partial charge is 0.465 e. The second-order valence-corrected chi connectivity index (χ2v) is 2.69. The molecule has 5 heteroatoms. The predicted octanol–water partition coefficient (Wildman–Crippen LogP) is -1.07. The van der Waals surface area contributed by atoms with Crippen molar-refractivity contribution in [1.82, 2.24) is 10.2 Å². The average Bonchev–Trinajstić information content (AvgIpc) is 2.33.